The smallest absolute Gasteiger partial charge is 0.191 e. The summed E-state index contributed by atoms with van der Waals surface area (Å²) in [5, 5.41) is 10.7. The first-order valence-corrected chi connectivity index (χ1v) is 15.4. The standard InChI is InChI=1S/C28H44O4Si/c1-25(2,3)33(6,7)32-18-17-27(21-29,31-20-22-11-9-8-10-12-22)15-16-28-14-13-23(19-24(28)30)26(28,4)5/h8-12,15-16,23,29H,13-14,17-21H2,1-7H3/b16-15+/t23-,27+,28+/m0/s1. The molecule has 0 saturated heterocycles. The van der Waals surface area contributed by atoms with Crippen molar-refractivity contribution < 1.29 is 19.1 Å². The van der Waals surface area contributed by atoms with Crippen LogP contribution in [0.1, 0.15) is 65.9 Å². The highest BCUT2D eigenvalue weighted by Crippen LogP contribution is 2.64. The van der Waals surface area contributed by atoms with Gasteiger partial charge in [-0.3, -0.25) is 4.79 Å². The Morgan fingerprint density at radius 1 is 1.18 bits per heavy atom. The molecule has 1 aromatic carbocycles. The second kappa shape index (κ2) is 9.41. The van der Waals surface area contributed by atoms with E-state index in [1.54, 1.807) is 0 Å². The van der Waals surface area contributed by atoms with Crippen LogP contribution in [0.4, 0.5) is 0 Å². The van der Waals surface area contributed by atoms with Gasteiger partial charge in [-0.05, 0) is 47.9 Å². The van der Waals surface area contributed by atoms with Crippen molar-refractivity contribution >= 4 is 14.1 Å². The third-order valence-corrected chi connectivity index (χ3v) is 13.6. The van der Waals surface area contributed by atoms with Crippen LogP contribution in [0.5, 0.6) is 0 Å². The molecular formula is C28H44O4Si. The summed E-state index contributed by atoms with van der Waals surface area (Å²) in [5.41, 5.74) is -0.331. The van der Waals surface area contributed by atoms with Gasteiger partial charge in [0, 0.05) is 19.4 Å². The van der Waals surface area contributed by atoms with E-state index in [2.05, 4.69) is 53.8 Å². The number of ether oxygens (including phenoxy) is 1. The van der Waals surface area contributed by atoms with E-state index in [-0.39, 0.29) is 17.1 Å². The zero-order valence-electron chi connectivity index (χ0n) is 21.7. The fraction of sp³-hybridized carbons (Fsp3) is 0.679. The Labute approximate surface area is 201 Å². The van der Waals surface area contributed by atoms with Gasteiger partial charge in [-0.2, -0.15) is 0 Å². The van der Waals surface area contributed by atoms with Crippen LogP contribution in [-0.4, -0.2) is 38.0 Å². The third-order valence-electron chi connectivity index (χ3n) is 9.09. The molecule has 0 heterocycles. The highest BCUT2D eigenvalue weighted by atomic mass is 28.4. The average Bonchev–Trinajstić information content (AvgIpc) is 3.10. The predicted octanol–water partition coefficient (Wildman–Crippen LogP) is 6.30. The summed E-state index contributed by atoms with van der Waals surface area (Å²) in [7, 11) is -1.92. The minimum absolute atomic E-state index is 0.0567. The molecule has 3 atom stereocenters. The van der Waals surface area contributed by atoms with Crippen molar-refractivity contribution in [2.45, 2.75) is 90.6 Å². The van der Waals surface area contributed by atoms with Crippen LogP contribution < -0.4 is 0 Å². The van der Waals surface area contributed by atoms with Gasteiger partial charge >= 0.3 is 0 Å². The number of rotatable bonds is 10. The lowest BCUT2D eigenvalue weighted by Crippen LogP contribution is -2.43. The summed E-state index contributed by atoms with van der Waals surface area (Å²) in [6.07, 6.45) is 7.29. The first kappa shape index (κ1) is 26.3. The Morgan fingerprint density at radius 3 is 2.36 bits per heavy atom. The molecule has 0 unspecified atom stereocenters. The van der Waals surface area contributed by atoms with Crippen LogP contribution in [0.25, 0.3) is 0 Å². The lowest BCUT2D eigenvalue weighted by molar-refractivity contribution is -0.126. The van der Waals surface area contributed by atoms with Gasteiger partial charge in [0.25, 0.3) is 0 Å². The molecule has 184 valence electrons. The van der Waals surface area contributed by atoms with Gasteiger partial charge in [0.15, 0.2) is 8.32 Å². The maximum absolute atomic E-state index is 13.0. The van der Waals surface area contributed by atoms with Gasteiger partial charge < -0.3 is 14.3 Å². The van der Waals surface area contributed by atoms with Crippen molar-refractivity contribution in [2.75, 3.05) is 13.2 Å². The largest absolute Gasteiger partial charge is 0.417 e. The van der Waals surface area contributed by atoms with Gasteiger partial charge in [-0.1, -0.05) is 77.1 Å². The van der Waals surface area contributed by atoms with E-state index in [0.717, 1.165) is 18.4 Å². The molecule has 0 amide bonds. The van der Waals surface area contributed by atoms with E-state index < -0.39 is 19.3 Å². The molecule has 33 heavy (non-hydrogen) atoms. The van der Waals surface area contributed by atoms with Crippen LogP contribution >= 0.6 is 0 Å². The molecule has 2 bridgehead atoms. The van der Waals surface area contributed by atoms with Crippen molar-refractivity contribution in [1.29, 1.82) is 0 Å². The van der Waals surface area contributed by atoms with Crippen molar-refractivity contribution in [3.63, 3.8) is 0 Å². The third kappa shape index (κ3) is 5.07. The van der Waals surface area contributed by atoms with Crippen LogP contribution in [0, 0.1) is 16.7 Å². The number of fused-ring (bicyclic) bond motifs is 2. The molecule has 1 N–H and O–H groups in total. The first-order chi connectivity index (χ1) is 15.3. The highest BCUT2D eigenvalue weighted by molar-refractivity contribution is 6.74. The van der Waals surface area contributed by atoms with Gasteiger partial charge in [0.2, 0.25) is 0 Å². The van der Waals surface area contributed by atoms with E-state index in [9.17, 15) is 9.90 Å². The van der Waals surface area contributed by atoms with Gasteiger partial charge in [0.05, 0.1) is 18.6 Å². The molecule has 1 aromatic rings. The summed E-state index contributed by atoms with van der Waals surface area (Å²) in [6, 6.07) is 10.0. The van der Waals surface area contributed by atoms with Crippen molar-refractivity contribution in [1.82, 2.24) is 0 Å². The number of hydrogen-bond donors (Lipinski definition) is 1. The lowest BCUT2D eigenvalue weighted by atomic mass is 9.68. The van der Waals surface area contributed by atoms with Crippen LogP contribution in [0.15, 0.2) is 42.5 Å². The summed E-state index contributed by atoms with van der Waals surface area (Å²) < 4.78 is 12.9. The number of carbonyl (C=O) groups is 1. The fourth-order valence-electron chi connectivity index (χ4n) is 5.27. The molecule has 5 heteroatoms. The minimum atomic E-state index is -1.92. The monoisotopic (exact) mass is 472 g/mol. The number of ketones is 1. The Bertz CT molecular complexity index is 854. The number of carbonyl (C=O) groups excluding carboxylic acids is 1. The molecule has 0 spiro atoms. The number of aliphatic hydroxyl groups is 1. The maximum Gasteiger partial charge on any atom is 0.191 e. The minimum Gasteiger partial charge on any atom is -0.417 e. The first-order valence-electron chi connectivity index (χ1n) is 12.5. The quantitative estimate of drug-likeness (QED) is 0.321. The Hall–Kier alpha value is -1.27. The second-order valence-corrected chi connectivity index (χ2v) is 17.1. The van der Waals surface area contributed by atoms with E-state index in [4.69, 9.17) is 9.16 Å². The lowest BCUT2D eigenvalue weighted by Gasteiger charge is -2.38. The number of benzene rings is 1. The Morgan fingerprint density at radius 2 is 1.85 bits per heavy atom. The van der Waals surface area contributed by atoms with E-state index in [1.165, 1.54) is 0 Å². The number of Topliss-reactive ketones (excluding diaryl/α,β-unsaturated/α-hetero) is 1. The molecule has 2 fully saturated rings. The number of aliphatic hydroxyl groups excluding tert-OH is 1. The molecule has 0 radical (unpaired) electrons. The Balaban J connectivity index is 1.84. The molecule has 0 aromatic heterocycles. The topological polar surface area (TPSA) is 55.8 Å². The SMILES string of the molecule is CC1(C)[C@H]2CC[C@@]1(/C=C/[C@](CO)(CCO[Si](C)(C)C(C)(C)C)OCc1ccccc1)C(=O)C2. The Kier molecular flexibility index (Phi) is 7.51. The van der Waals surface area contributed by atoms with Crippen molar-refractivity contribution in [2.24, 2.45) is 16.7 Å². The average molecular weight is 473 g/mol. The predicted molar refractivity (Wildman–Crippen MR) is 137 cm³/mol. The molecule has 2 aliphatic carbocycles. The highest BCUT2D eigenvalue weighted by Gasteiger charge is 2.62. The summed E-state index contributed by atoms with van der Waals surface area (Å²) in [4.78, 5) is 13.0. The van der Waals surface area contributed by atoms with E-state index in [0.29, 0.717) is 37.8 Å². The summed E-state index contributed by atoms with van der Waals surface area (Å²) >= 11 is 0. The summed E-state index contributed by atoms with van der Waals surface area (Å²) in [6.45, 7) is 16.4. The summed E-state index contributed by atoms with van der Waals surface area (Å²) in [5.74, 6) is 0.790. The van der Waals surface area contributed by atoms with Gasteiger partial charge in [-0.15, -0.1) is 0 Å². The van der Waals surface area contributed by atoms with Crippen LogP contribution in [0.2, 0.25) is 18.1 Å². The van der Waals surface area contributed by atoms with E-state index in [1.807, 2.05) is 36.4 Å². The second-order valence-electron chi connectivity index (χ2n) is 12.2. The number of allylic oxidation sites excluding steroid dienone is 1. The van der Waals surface area contributed by atoms with Crippen LogP contribution in [0.3, 0.4) is 0 Å². The van der Waals surface area contributed by atoms with Crippen LogP contribution in [-0.2, 0) is 20.6 Å². The van der Waals surface area contributed by atoms with Gasteiger partial charge in [0.1, 0.15) is 11.4 Å². The molecule has 4 nitrogen and oxygen atoms in total. The van der Waals surface area contributed by atoms with Crippen molar-refractivity contribution in [3.8, 4) is 0 Å². The van der Waals surface area contributed by atoms with E-state index >= 15 is 0 Å². The molecule has 0 aliphatic heterocycles. The molecular weight excluding hydrogens is 428 g/mol. The molecule has 3 rings (SSSR count). The normalized spacial score (nSPS) is 26.8. The van der Waals surface area contributed by atoms with Gasteiger partial charge in [-0.25, -0.2) is 0 Å². The molecule has 2 aliphatic rings. The molecule has 2 saturated carbocycles. The zero-order valence-corrected chi connectivity index (χ0v) is 22.7. The maximum atomic E-state index is 13.0. The zero-order chi connectivity index (χ0) is 24.5. The number of hydrogen-bond acceptors (Lipinski definition) is 4. The fourth-order valence-corrected chi connectivity index (χ4v) is 6.32. The van der Waals surface area contributed by atoms with Crippen molar-refractivity contribution in [3.05, 3.63) is 48.0 Å².